The molecule has 1 aromatic heterocycles. The van der Waals surface area contributed by atoms with E-state index in [9.17, 15) is 4.79 Å². The molecular weight excluding hydrogens is 370 g/mol. The maximum Gasteiger partial charge on any atom is 0.318 e. The molecule has 4 rings (SSSR count). The lowest BCUT2D eigenvalue weighted by atomic mass is 10.2. The van der Waals surface area contributed by atoms with Crippen molar-refractivity contribution < 1.29 is 4.79 Å². The van der Waals surface area contributed by atoms with Gasteiger partial charge in [-0.25, -0.2) is 4.79 Å². The molecule has 0 unspecified atom stereocenters. The molecule has 2 aromatic carbocycles. The molecule has 4 nitrogen and oxygen atoms in total. The van der Waals surface area contributed by atoms with Gasteiger partial charge in [-0.2, -0.15) is 0 Å². The molecule has 0 atom stereocenters. The Kier molecular flexibility index (Phi) is 5.68. The molecule has 144 valence electrons. The van der Waals surface area contributed by atoms with Crippen molar-refractivity contribution in [3.05, 3.63) is 94.8 Å². The number of nitrogens with one attached hydrogen (secondary N) is 1. The molecule has 2 amide bonds. The summed E-state index contributed by atoms with van der Waals surface area (Å²) in [6.45, 7) is 1.85. The summed E-state index contributed by atoms with van der Waals surface area (Å²) < 4.78 is 2.17. The second kappa shape index (κ2) is 8.53. The Morgan fingerprint density at radius 2 is 1.79 bits per heavy atom. The van der Waals surface area contributed by atoms with E-state index in [0.717, 1.165) is 34.7 Å². The zero-order valence-corrected chi connectivity index (χ0v) is 16.5. The number of hydrogen-bond donors (Lipinski definition) is 1. The van der Waals surface area contributed by atoms with Gasteiger partial charge in [0.15, 0.2) is 0 Å². The van der Waals surface area contributed by atoms with Crippen LogP contribution in [0.15, 0.2) is 72.9 Å². The Morgan fingerprint density at radius 3 is 2.54 bits per heavy atom. The molecule has 0 radical (unpaired) electrons. The fourth-order valence-electron chi connectivity index (χ4n) is 3.36. The summed E-state index contributed by atoms with van der Waals surface area (Å²) in [4.78, 5) is 14.8. The van der Waals surface area contributed by atoms with Gasteiger partial charge in [0.2, 0.25) is 0 Å². The maximum atomic E-state index is 12.8. The molecule has 1 N–H and O–H groups in total. The number of urea groups is 1. The van der Waals surface area contributed by atoms with E-state index in [1.165, 1.54) is 0 Å². The Hall–Kier alpha value is -2.72. The third-order valence-corrected chi connectivity index (χ3v) is 5.46. The number of rotatable bonds is 7. The van der Waals surface area contributed by atoms with Gasteiger partial charge in [-0.05, 0) is 42.2 Å². The summed E-state index contributed by atoms with van der Waals surface area (Å²) in [5.74, 6) is 0. The van der Waals surface area contributed by atoms with Gasteiger partial charge >= 0.3 is 6.03 Å². The zero-order valence-electron chi connectivity index (χ0n) is 15.7. The van der Waals surface area contributed by atoms with E-state index in [1.807, 2.05) is 71.8 Å². The monoisotopic (exact) mass is 393 g/mol. The second-order valence-electron chi connectivity index (χ2n) is 7.22. The minimum atomic E-state index is -0.00292. The van der Waals surface area contributed by atoms with Gasteiger partial charge in [0, 0.05) is 36.0 Å². The predicted octanol–water partition coefficient (Wildman–Crippen LogP) is 5.06. The fourth-order valence-corrected chi connectivity index (χ4v) is 3.56. The number of amides is 2. The van der Waals surface area contributed by atoms with Crippen molar-refractivity contribution in [3.8, 4) is 0 Å². The van der Waals surface area contributed by atoms with Crippen LogP contribution in [0.1, 0.15) is 29.7 Å². The van der Waals surface area contributed by atoms with E-state index in [2.05, 4.69) is 16.0 Å². The number of hydrogen-bond acceptors (Lipinski definition) is 1. The lowest BCUT2D eigenvalue weighted by Gasteiger charge is -2.24. The number of nitrogens with zero attached hydrogens (tertiary/aromatic N) is 2. The van der Waals surface area contributed by atoms with Gasteiger partial charge in [0.05, 0.1) is 6.54 Å². The van der Waals surface area contributed by atoms with Crippen molar-refractivity contribution in [1.82, 2.24) is 14.8 Å². The first-order chi connectivity index (χ1) is 13.7. The van der Waals surface area contributed by atoms with Gasteiger partial charge in [-0.1, -0.05) is 60.1 Å². The zero-order chi connectivity index (χ0) is 19.3. The quantitative estimate of drug-likeness (QED) is 0.598. The highest BCUT2D eigenvalue weighted by molar-refractivity contribution is 6.31. The second-order valence-corrected chi connectivity index (χ2v) is 7.63. The minimum absolute atomic E-state index is 0.00292. The van der Waals surface area contributed by atoms with Crippen molar-refractivity contribution >= 4 is 17.6 Å². The van der Waals surface area contributed by atoms with Gasteiger partial charge in [0.25, 0.3) is 0 Å². The summed E-state index contributed by atoms with van der Waals surface area (Å²) in [6.07, 6.45) is 4.19. The molecule has 0 spiro atoms. The highest BCUT2D eigenvalue weighted by Crippen LogP contribution is 2.29. The third kappa shape index (κ3) is 4.57. The topological polar surface area (TPSA) is 37.3 Å². The summed E-state index contributed by atoms with van der Waals surface area (Å²) in [7, 11) is 0. The molecule has 1 aliphatic carbocycles. The molecule has 1 aliphatic rings. The molecule has 0 aliphatic heterocycles. The Labute approximate surface area is 170 Å². The van der Waals surface area contributed by atoms with Crippen LogP contribution in [0.5, 0.6) is 0 Å². The van der Waals surface area contributed by atoms with E-state index in [1.54, 1.807) is 0 Å². The summed E-state index contributed by atoms with van der Waals surface area (Å²) in [6, 6.07) is 22.3. The van der Waals surface area contributed by atoms with E-state index >= 15 is 0 Å². The van der Waals surface area contributed by atoms with E-state index in [-0.39, 0.29) is 6.03 Å². The fraction of sp³-hybridized carbons (Fsp3) is 0.261. The number of benzene rings is 2. The molecule has 1 heterocycles. The van der Waals surface area contributed by atoms with E-state index in [4.69, 9.17) is 11.6 Å². The van der Waals surface area contributed by atoms with Crippen molar-refractivity contribution in [3.63, 3.8) is 0 Å². The molecule has 28 heavy (non-hydrogen) atoms. The molecular formula is C23H24ClN3O. The van der Waals surface area contributed by atoms with Crippen molar-refractivity contribution in [2.45, 2.75) is 38.5 Å². The van der Waals surface area contributed by atoms with Gasteiger partial charge < -0.3 is 14.8 Å². The average molecular weight is 394 g/mol. The van der Waals surface area contributed by atoms with Crippen LogP contribution in [-0.2, 0) is 19.6 Å². The first-order valence-corrected chi connectivity index (χ1v) is 10.0. The van der Waals surface area contributed by atoms with E-state index < -0.39 is 0 Å². The van der Waals surface area contributed by atoms with Gasteiger partial charge in [-0.15, -0.1) is 0 Å². The van der Waals surface area contributed by atoms with Crippen LogP contribution >= 0.6 is 11.6 Å². The molecule has 1 fully saturated rings. The van der Waals surface area contributed by atoms with Crippen LogP contribution in [0.25, 0.3) is 0 Å². The van der Waals surface area contributed by atoms with Gasteiger partial charge in [0.1, 0.15) is 0 Å². The lowest BCUT2D eigenvalue weighted by Crippen LogP contribution is -2.41. The molecule has 3 aromatic rings. The van der Waals surface area contributed by atoms with Crippen LogP contribution in [0.3, 0.4) is 0 Å². The Bertz CT molecular complexity index is 934. The van der Waals surface area contributed by atoms with Crippen LogP contribution in [0, 0.1) is 0 Å². The first-order valence-electron chi connectivity index (χ1n) is 9.66. The SMILES string of the molecule is O=C(NCc1ccccc1)N(Cc1cccn1Cc1ccccc1Cl)C1CC1. The standard InChI is InChI=1S/C23H24ClN3O/c24-22-11-5-4-9-19(22)16-26-14-6-10-21(26)17-27(20-12-13-20)23(28)25-15-18-7-2-1-3-8-18/h1-11,14,20H,12-13,15-17H2,(H,25,28). The van der Waals surface area contributed by atoms with Crippen molar-refractivity contribution in [1.29, 1.82) is 0 Å². The average Bonchev–Trinajstić information content (AvgIpc) is 3.47. The van der Waals surface area contributed by atoms with Crippen LogP contribution in [0.2, 0.25) is 5.02 Å². The summed E-state index contributed by atoms with van der Waals surface area (Å²) >= 11 is 6.32. The van der Waals surface area contributed by atoms with Gasteiger partial charge in [-0.3, -0.25) is 0 Å². The highest BCUT2D eigenvalue weighted by Gasteiger charge is 2.33. The van der Waals surface area contributed by atoms with E-state index in [0.29, 0.717) is 25.7 Å². The largest absolute Gasteiger partial charge is 0.345 e. The molecule has 0 bridgehead atoms. The summed E-state index contributed by atoms with van der Waals surface area (Å²) in [5.41, 5.74) is 3.29. The smallest absolute Gasteiger partial charge is 0.318 e. The molecule has 0 saturated heterocycles. The number of carbonyl (C=O) groups is 1. The van der Waals surface area contributed by atoms with Crippen molar-refractivity contribution in [2.24, 2.45) is 0 Å². The third-order valence-electron chi connectivity index (χ3n) is 5.09. The number of aromatic nitrogens is 1. The molecule has 5 heteroatoms. The minimum Gasteiger partial charge on any atom is -0.345 e. The van der Waals surface area contributed by atoms with Crippen LogP contribution in [-0.4, -0.2) is 21.5 Å². The van der Waals surface area contributed by atoms with Crippen LogP contribution in [0.4, 0.5) is 4.79 Å². The normalized spacial score (nSPS) is 13.3. The predicted molar refractivity (Wildman–Crippen MR) is 112 cm³/mol. The maximum absolute atomic E-state index is 12.8. The highest BCUT2D eigenvalue weighted by atomic mass is 35.5. The number of carbonyl (C=O) groups excluding carboxylic acids is 1. The Morgan fingerprint density at radius 1 is 1.04 bits per heavy atom. The van der Waals surface area contributed by atoms with Crippen molar-refractivity contribution in [2.75, 3.05) is 0 Å². The summed E-state index contributed by atoms with van der Waals surface area (Å²) in [5, 5.41) is 3.83. The number of halogens is 1. The molecule has 1 saturated carbocycles. The van der Waals surface area contributed by atoms with Crippen LogP contribution < -0.4 is 5.32 Å². The first kappa shape index (κ1) is 18.6. The lowest BCUT2D eigenvalue weighted by molar-refractivity contribution is 0.190. The Balaban J connectivity index is 1.43.